The van der Waals surface area contributed by atoms with E-state index in [2.05, 4.69) is 26.0 Å². The van der Waals surface area contributed by atoms with Crippen LogP contribution in [0.2, 0.25) is 0 Å². The van der Waals surface area contributed by atoms with E-state index in [0.29, 0.717) is 6.61 Å². The first-order chi connectivity index (χ1) is 8.70. The summed E-state index contributed by atoms with van der Waals surface area (Å²) < 4.78 is 11.3. The number of esters is 1. The summed E-state index contributed by atoms with van der Waals surface area (Å²) >= 11 is 3.43. The maximum Gasteiger partial charge on any atom is 0.319 e. The van der Waals surface area contributed by atoms with Crippen molar-refractivity contribution >= 4 is 21.9 Å². The third kappa shape index (κ3) is 3.23. The number of hydrogen-bond donors (Lipinski definition) is 1. The van der Waals surface area contributed by atoms with Gasteiger partial charge in [0.1, 0.15) is 5.75 Å². The molecule has 1 heterocycles. The summed E-state index contributed by atoms with van der Waals surface area (Å²) in [5, 5.41) is 3.22. The van der Waals surface area contributed by atoms with Crippen molar-refractivity contribution in [3.05, 3.63) is 28.2 Å². The summed E-state index contributed by atoms with van der Waals surface area (Å²) in [4.78, 5) is 11.2. The lowest BCUT2D eigenvalue weighted by molar-refractivity contribution is -0.139. The summed E-state index contributed by atoms with van der Waals surface area (Å²) in [5.41, 5.74) is 1.10. The molecule has 0 aliphatic carbocycles. The average molecular weight is 314 g/mol. The van der Waals surface area contributed by atoms with Crippen LogP contribution in [0, 0.1) is 0 Å². The first-order valence-electron chi connectivity index (χ1n) is 5.93. The van der Waals surface area contributed by atoms with E-state index in [4.69, 9.17) is 4.74 Å². The van der Waals surface area contributed by atoms with E-state index in [-0.39, 0.29) is 18.6 Å². The minimum atomic E-state index is -0.251. The molecule has 1 unspecified atom stereocenters. The number of benzene rings is 1. The number of carbonyl (C=O) groups excluding carboxylic acids is 1. The molecule has 0 saturated carbocycles. The van der Waals surface area contributed by atoms with Gasteiger partial charge in [-0.1, -0.05) is 22.0 Å². The fraction of sp³-hybridized carbons (Fsp3) is 0.462. The van der Waals surface area contributed by atoms with E-state index in [9.17, 15) is 4.79 Å². The molecule has 0 bridgehead atoms. The molecular weight excluding hydrogens is 298 g/mol. The summed E-state index contributed by atoms with van der Waals surface area (Å²) in [5.74, 6) is 0.628. The van der Waals surface area contributed by atoms with Gasteiger partial charge in [0, 0.05) is 16.1 Å². The Balaban J connectivity index is 2.14. The van der Waals surface area contributed by atoms with E-state index in [0.717, 1.165) is 28.6 Å². The maximum absolute atomic E-state index is 11.2. The number of carbonyl (C=O) groups is 1. The van der Waals surface area contributed by atoms with Gasteiger partial charge in [-0.05, 0) is 25.0 Å². The number of halogens is 1. The summed E-state index contributed by atoms with van der Waals surface area (Å²) in [6.07, 6.45) is 1.91. The summed E-state index contributed by atoms with van der Waals surface area (Å²) in [7, 11) is 1.39. The van der Waals surface area contributed by atoms with Gasteiger partial charge in [0.2, 0.25) is 0 Å². The Hall–Kier alpha value is -1.07. The van der Waals surface area contributed by atoms with Gasteiger partial charge >= 0.3 is 5.97 Å². The van der Waals surface area contributed by atoms with Crippen LogP contribution in [0.15, 0.2) is 22.7 Å². The van der Waals surface area contributed by atoms with Crippen LogP contribution in [-0.4, -0.2) is 26.2 Å². The van der Waals surface area contributed by atoms with E-state index < -0.39 is 0 Å². The third-order valence-electron chi connectivity index (χ3n) is 2.97. The lowest BCUT2D eigenvalue weighted by atomic mass is 10.0. The van der Waals surface area contributed by atoms with Crippen molar-refractivity contribution in [1.82, 2.24) is 5.32 Å². The molecule has 1 N–H and O–H groups in total. The van der Waals surface area contributed by atoms with Crippen molar-refractivity contribution in [1.29, 1.82) is 0 Å². The fourth-order valence-electron chi connectivity index (χ4n) is 2.04. The molecule has 1 aliphatic rings. The Morgan fingerprint density at radius 2 is 2.44 bits per heavy atom. The van der Waals surface area contributed by atoms with Gasteiger partial charge in [0.25, 0.3) is 0 Å². The molecule has 1 atom stereocenters. The number of nitrogens with one attached hydrogen (secondary N) is 1. The predicted octanol–water partition coefficient (Wildman–Crippen LogP) is 2.43. The number of rotatable bonds is 3. The number of fused-ring (bicyclic) bond motifs is 1. The van der Waals surface area contributed by atoms with Crippen LogP contribution >= 0.6 is 15.9 Å². The average Bonchev–Trinajstić information content (AvgIpc) is 2.57. The van der Waals surface area contributed by atoms with E-state index in [1.165, 1.54) is 7.11 Å². The number of ether oxygens (including phenoxy) is 2. The van der Waals surface area contributed by atoms with Gasteiger partial charge in [-0.15, -0.1) is 0 Å². The summed E-state index contributed by atoms with van der Waals surface area (Å²) in [6.45, 7) is 0.927. The van der Waals surface area contributed by atoms with Gasteiger partial charge in [0.15, 0.2) is 0 Å². The molecule has 98 valence electrons. The lowest BCUT2D eigenvalue weighted by Gasteiger charge is -2.17. The topological polar surface area (TPSA) is 47.6 Å². The first kappa shape index (κ1) is 13.4. The zero-order chi connectivity index (χ0) is 13.0. The number of hydrogen-bond acceptors (Lipinski definition) is 4. The van der Waals surface area contributed by atoms with Crippen molar-refractivity contribution in [2.75, 3.05) is 20.3 Å². The van der Waals surface area contributed by atoms with Crippen molar-refractivity contribution < 1.29 is 14.3 Å². The van der Waals surface area contributed by atoms with Gasteiger partial charge < -0.3 is 9.47 Å². The smallest absolute Gasteiger partial charge is 0.319 e. The van der Waals surface area contributed by atoms with Gasteiger partial charge in [-0.2, -0.15) is 0 Å². The molecular formula is C13H16BrNO3. The van der Waals surface area contributed by atoms with E-state index in [1.54, 1.807) is 0 Å². The quantitative estimate of drug-likeness (QED) is 0.871. The zero-order valence-corrected chi connectivity index (χ0v) is 11.8. The highest BCUT2D eigenvalue weighted by atomic mass is 79.9. The van der Waals surface area contributed by atoms with Crippen molar-refractivity contribution in [3.8, 4) is 5.75 Å². The molecule has 0 fully saturated rings. The monoisotopic (exact) mass is 313 g/mol. The van der Waals surface area contributed by atoms with Crippen molar-refractivity contribution in [2.45, 2.75) is 18.9 Å². The predicted molar refractivity (Wildman–Crippen MR) is 71.6 cm³/mol. The lowest BCUT2D eigenvalue weighted by Crippen LogP contribution is -2.28. The number of methoxy groups -OCH3 is 1. The molecule has 0 aromatic heterocycles. The first-order valence-corrected chi connectivity index (χ1v) is 6.72. The van der Waals surface area contributed by atoms with Crippen LogP contribution in [0.5, 0.6) is 5.75 Å². The Kier molecular flexibility index (Phi) is 4.60. The van der Waals surface area contributed by atoms with Crippen LogP contribution in [0.25, 0.3) is 0 Å². The third-order valence-corrected chi connectivity index (χ3v) is 3.46. The van der Waals surface area contributed by atoms with Crippen molar-refractivity contribution in [2.24, 2.45) is 0 Å². The van der Waals surface area contributed by atoms with Crippen LogP contribution in [-0.2, 0) is 9.53 Å². The highest BCUT2D eigenvalue weighted by Gasteiger charge is 2.20. The molecule has 18 heavy (non-hydrogen) atoms. The van der Waals surface area contributed by atoms with Gasteiger partial charge in [-0.3, -0.25) is 10.1 Å². The molecule has 0 spiro atoms. The van der Waals surface area contributed by atoms with E-state index in [1.807, 2.05) is 18.2 Å². The fourth-order valence-corrected chi connectivity index (χ4v) is 2.38. The van der Waals surface area contributed by atoms with Crippen LogP contribution < -0.4 is 10.1 Å². The Bertz CT molecular complexity index is 436. The summed E-state index contributed by atoms with van der Waals surface area (Å²) in [6, 6.07) is 6.11. The molecule has 5 heteroatoms. The second kappa shape index (κ2) is 6.20. The maximum atomic E-state index is 11.2. The Morgan fingerprint density at radius 3 is 3.22 bits per heavy atom. The van der Waals surface area contributed by atoms with Crippen LogP contribution in [0.3, 0.4) is 0 Å². The highest BCUT2D eigenvalue weighted by molar-refractivity contribution is 9.10. The minimum Gasteiger partial charge on any atom is -0.493 e. The van der Waals surface area contributed by atoms with Crippen LogP contribution in [0.1, 0.15) is 24.4 Å². The van der Waals surface area contributed by atoms with Gasteiger partial charge in [-0.25, -0.2) is 0 Å². The molecule has 4 nitrogen and oxygen atoms in total. The molecule has 2 rings (SSSR count). The highest BCUT2D eigenvalue weighted by Crippen LogP contribution is 2.33. The zero-order valence-electron chi connectivity index (χ0n) is 10.2. The largest absolute Gasteiger partial charge is 0.493 e. The Morgan fingerprint density at radius 1 is 1.61 bits per heavy atom. The van der Waals surface area contributed by atoms with Crippen LogP contribution in [0.4, 0.5) is 0 Å². The molecule has 1 aromatic carbocycles. The molecule has 0 saturated heterocycles. The van der Waals surface area contributed by atoms with E-state index >= 15 is 0 Å². The second-order valence-corrected chi connectivity index (χ2v) is 5.10. The molecule has 1 aromatic rings. The standard InChI is InChI=1S/C13H16BrNO3/c1-17-13(16)8-15-11-3-2-6-18-12-7-9(14)4-5-10(11)12/h4-5,7,11,15H,2-3,6,8H2,1H3. The molecule has 0 amide bonds. The Labute approximate surface area is 115 Å². The van der Waals surface area contributed by atoms with Crippen molar-refractivity contribution in [3.63, 3.8) is 0 Å². The molecule has 0 radical (unpaired) electrons. The van der Waals surface area contributed by atoms with Gasteiger partial charge in [0.05, 0.1) is 20.3 Å². The molecule has 1 aliphatic heterocycles. The SMILES string of the molecule is COC(=O)CNC1CCCOc2cc(Br)ccc21. The minimum absolute atomic E-state index is 0.134. The second-order valence-electron chi connectivity index (χ2n) is 4.18. The normalized spacial score (nSPS) is 18.4.